The van der Waals surface area contributed by atoms with E-state index < -0.39 is 0 Å². The summed E-state index contributed by atoms with van der Waals surface area (Å²) in [4.78, 5) is 0. The van der Waals surface area contributed by atoms with Crippen molar-refractivity contribution in [1.82, 2.24) is 15.1 Å². The second-order valence-corrected chi connectivity index (χ2v) is 6.08. The van der Waals surface area contributed by atoms with Crippen molar-refractivity contribution in [3.8, 4) is 0 Å². The topological polar surface area (TPSA) is 39.1 Å². The van der Waals surface area contributed by atoms with E-state index in [2.05, 4.69) is 17.3 Å². The maximum atomic E-state index is 6.37. The summed E-state index contributed by atoms with van der Waals surface area (Å²) in [5.74, 6) is 0. The molecule has 1 unspecified atom stereocenters. The molecule has 5 heteroatoms. The van der Waals surface area contributed by atoms with Gasteiger partial charge in [-0.25, -0.2) is 0 Å². The Bertz CT molecular complexity index is 413. The standard InChI is InChI=1S/C14H24ClN3O/c1-14(6-4-5-7-14)13(16-2)12-11(15)10-17-18(12)8-9-19-3/h10,13,16H,4-9H2,1-3H3. The Labute approximate surface area is 120 Å². The van der Waals surface area contributed by atoms with E-state index >= 15 is 0 Å². The molecule has 1 fully saturated rings. The second-order valence-electron chi connectivity index (χ2n) is 5.68. The number of hydrogen-bond donors (Lipinski definition) is 1. The van der Waals surface area contributed by atoms with E-state index in [4.69, 9.17) is 16.3 Å². The average Bonchev–Trinajstić information content (AvgIpc) is 2.97. The Morgan fingerprint density at radius 3 is 2.79 bits per heavy atom. The minimum atomic E-state index is 0.252. The molecule has 4 nitrogen and oxygen atoms in total. The maximum Gasteiger partial charge on any atom is 0.0834 e. The summed E-state index contributed by atoms with van der Waals surface area (Å²) in [5.41, 5.74) is 1.37. The van der Waals surface area contributed by atoms with Crippen LogP contribution in [0.5, 0.6) is 0 Å². The van der Waals surface area contributed by atoms with Crippen LogP contribution >= 0.6 is 11.6 Å². The maximum absolute atomic E-state index is 6.37. The van der Waals surface area contributed by atoms with Gasteiger partial charge < -0.3 is 10.1 Å². The Morgan fingerprint density at radius 2 is 2.21 bits per heavy atom. The highest BCUT2D eigenvalue weighted by atomic mass is 35.5. The van der Waals surface area contributed by atoms with Crippen molar-refractivity contribution in [1.29, 1.82) is 0 Å². The van der Waals surface area contributed by atoms with E-state index in [1.165, 1.54) is 25.7 Å². The monoisotopic (exact) mass is 285 g/mol. The van der Waals surface area contributed by atoms with Gasteiger partial charge in [0.25, 0.3) is 0 Å². The molecule has 1 aromatic heterocycles. The van der Waals surface area contributed by atoms with Crippen LogP contribution in [-0.2, 0) is 11.3 Å². The number of hydrogen-bond acceptors (Lipinski definition) is 3. The number of methoxy groups -OCH3 is 1. The Hall–Kier alpha value is -0.580. The van der Waals surface area contributed by atoms with Crippen LogP contribution in [0, 0.1) is 5.41 Å². The summed E-state index contributed by atoms with van der Waals surface area (Å²) in [6.45, 7) is 3.75. The lowest BCUT2D eigenvalue weighted by Crippen LogP contribution is -2.34. The van der Waals surface area contributed by atoms with Crippen molar-refractivity contribution >= 4 is 11.6 Å². The first kappa shape index (κ1) is 14.8. The van der Waals surface area contributed by atoms with Gasteiger partial charge in [-0.1, -0.05) is 31.4 Å². The van der Waals surface area contributed by atoms with Gasteiger partial charge in [-0.05, 0) is 25.3 Å². The number of nitrogens with zero attached hydrogens (tertiary/aromatic N) is 2. The van der Waals surface area contributed by atoms with Gasteiger partial charge in [0.15, 0.2) is 0 Å². The first-order chi connectivity index (χ1) is 9.12. The van der Waals surface area contributed by atoms with Gasteiger partial charge in [-0.3, -0.25) is 4.68 Å². The highest BCUT2D eigenvalue weighted by molar-refractivity contribution is 6.31. The van der Waals surface area contributed by atoms with Crippen molar-refractivity contribution in [2.45, 2.75) is 45.2 Å². The molecule has 108 valence electrons. The van der Waals surface area contributed by atoms with Crippen LogP contribution < -0.4 is 5.32 Å². The summed E-state index contributed by atoms with van der Waals surface area (Å²) < 4.78 is 7.13. The van der Waals surface area contributed by atoms with Crippen LogP contribution in [0.15, 0.2) is 6.20 Å². The van der Waals surface area contributed by atoms with Crippen molar-refractivity contribution in [3.63, 3.8) is 0 Å². The van der Waals surface area contributed by atoms with Gasteiger partial charge in [0.1, 0.15) is 0 Å². The van der Waals surface area contributed by atoms with E-state index in [1.807, 2.05) is 11.7 Å². The van der Waals surface area contributed by atoms with Crippen LogP contribution in [0.3, 0.4) is 0 Å². The van der Waals surface area contributed by atoms with E-state index in [0.29, 0.717) is 6.61 Å². The second kappa shape index (κ2) is 6.25. The lowest BCUT2D eigenvalue weighted by atomic mass is 9.79. The molecule has 0 saturated heterocycles. The molecule has 1 N–H and O–H groups in total. The number of halogens is 1. The first-order valence-corrected chi connectivity index (χ1v) is 7.37. The van der Waals surface area contributed by atoms with Crippen molar-refractivity contribution in [2.24, 2.45) is 5.41 Å². The number of rotatable bonds is 6. The molecule has 1 saturated carbocycles. The molecule has 1 aliphatic carbocycles. The molecule has 1 aliphatic rings. The highest BCUT2D eigenvalue weighted by Gasteiger charge is 2.39. The summed E-state index contributed by atoms with van der Waals surface area (Å²) in [7, 11) is 3.72. The van der Waals surface area contributed by atoms with Crippen molar-refractivity contribution in [3.05, 3.63) is 16.9 Å². The fraction of sp³-hybridized carbons (Fsp3) is 0.786. The zero-order chi connectivity index (χ0) is 13.9. The van der Waals surface area contributed by atoms with Crippen LogP contribution in [0.4, 0.5) is 0 Å². The molecule has 1 aromatic rings. The third-order valence-corrected chi connectivity index (χ3v) is 4.64. The predicted octanol–water partition coefficient (Wildman–Crippen LogP) is 3.02. The summed E-state index contributed by atoms with van der Waals surface area (Å²) >= 11 is 6.37. The molecule has 19 heavy (non-hydrogen) atoms. The summed E-state index contributed by atoms with van der Waals surface area (Å²) in [6.07, 6.45) is 6.83. The molecule has 0 bridgehead atoms. The lowest BCUT2D eigenvalue weighted by molar-refractivity contribution is 0.175. The molecular weight excluding hydrogens is 262 g/mol. The summed E-state index contributed by atoms with van der Waals surface area (Å²) in [6, 6.07) is 0.252. The zero-order valence-electron chi connectivity index (χ0n) is 12.1. The average molecular weight is 286 g/mol. The number of nitrogens with one attached hydrogen (secondary N) is 1. The fourth-order valence-corrected chi connectivity index (χ4v) is 3.55. The SMILES string of the molecule is CNC(c1c(Cl)cnn1CCOC)C1(C)CCCC1. The van der Waals surface area contributed by atoms with Crippen LogP contribution in [0.25, 0.3) is 0 Å². The predicted molar refractivity (Wildman–Crippen MR) is 77.5 cm³/mol. The van der Waals surface area contributed by atoms with Gasteiger partial charge >= 0.3 is 0 Å². The van der Waals surface area contributed by atoms with Gasteiger partial charge in [0.2, 0.25) is 0 Å². The van der Waals surface area contributed by atoms with E-state index in [0.717, 1.165) is 17.3 Å². The Morgan fingerprint density at radius 1 is 1.53 bits per heavy atom. The van der Waals surface area contributed by atoms with Gasteiger partial charge in [0, 0.05) is 7.11 Å². The Balaban J connectivity index is 2.29. The highest BCUT2D eigenvalue weighted by Crippen LogP contribution is 2.48. The first-order valence-electron chi connectivity index (χ1n) is 7.00. The largest absolute Gasteiger partial charge is 0.383 e. The van der Waals surface area contributed by atoms with E-state index in [9.17, 15) is 0 Å². The lowest BCUT2D eigenvalue weighted by Gasteiger charge is -2.34. The quantitative estimate of drug-likeness (QED) is 0.873. The Kier molecular flexibility index (Phi) is 4.87. The summed E-state index contributed by atoms with van der Waals surface area (Å²) in [5, 5.41) is 8.60. The molecule has 0 radical (unpaired) electrons. The molecule has 0 aliphatic heterocycles. The third-order valence-electron chi connectivity index (χ3n) is 4.35. The minimum absolute atomic E-state index is 0.252. The molecule has 1 atom stereocenters. The zero-order valence-corrected chi connectivity index (χ0v) is 12.8. The number of aromatic nitrogens is 2. The van der Waals surface area contributed by atoms with Gasteiger partial charge in [-0.15, -0.1) is 0 Å². The van der Waals surface area contributed by atoms with Crippen molar-refractivity contribution < 1.29 is 4.74 Å². The molecular formula is C14H24ClN3O. The molecule has 0 spiro atoms. The molecule has 0 aromatic carbocycles. The molecule has 1 heterocycles. The van der Waals surface area contributed by atoms with Crippen LogP contribution in [0.1, 0.15) is 44.3 Å². The van der Waals surface area contributed by atoms with Crippen LogP contribution in [-0.4, -0.2) is 30.5 Å². The normalized spacial score (nSPS) is 19.8. The van der Waals surface area contributed by atoms with E-state index in [1.54, 1.807) is 13.3 Å². The van der Waals surface area contributed by atoms with Gasteiger partial charge in [-0.2, -0.15) is 5.10 Å². The molecule has 0 amide bonds. The smallest absolute Gasteiger partial charge is 0.0834 e. The van der Waals surface area contributed by atoms with Gasteiger partial charge in [0.05, 0.1) is 36.1 Å². The van der Waals surface area contributed by atoms with E-state index in [-0.39, 0.29) is 11.5 Å². The van der Waals surface area contributed by atoms with Crippen LogP contribution in [0.2, 0.25) is 5.02 Å². The number of ether oxygens (including phenoxy) is 1. The van der Waals surface area contributed by atoms with Crippen molar-refractivity contribution in [2.75, 3.05) is 20.8 Å². The molecule has 2 rings (SSSR count). The fourth-order valence-electron chi connectivity index (χ4n) is 3.30. The minimum Gasteiger partial charge on any atom is -0.383 e. The third kappa shape index (κ3) is 2.96.